The zero-order valence-electron chi connectivity index (χ0n) is 21.4. The molecule has 188 valence electrons. The summed E-state index contributed by atoms with van der Waals surface area (Å²) >= 11 is 0. The van der Waals surface area contributed by atoms with Crippen molar-refractivity contribution in [2.75, 3.05) is 4.90 Å². The Kier molecular flexibility index (Phi) is 6.33. The van der Waals surface area contributed by atoms with Gasteiger partial charge in [-0.1, -0.05) is 57.0 Å². The number of nitrogens with one attached hydrogen (secondary N) is 2. The molecule has 3 aromatic rings. The molecule has 5 rings (SSSR count). The van der Waals surface area contributed by atoms with Crippen molar-refractivity contribution < 1.29 is 14.4 Å². The summed E-state index contributed by atoms with van der Waals surface area (Å²) in [6.07, 6.45) is 3.48. The third-order valence-electron chi connectivity index (χ3n) is 7.52. The van der Waals surface area contributed by atoms with Gasteiger partial charge < -0.3 is 15.2 Å². The number of rotatable bonds is 7. The molecule has 36 heavy (non-hydrogen) atoms. The van der Waals surface area contributed by atoms with E-state index in [2.05, 4.69) is 24.1 Å². The number of hydrogen-bond acceptors (Lipinski definition) is 3. The van der Waals surface area contributed by atoms with Gasteiger partial charge in [0.05, 0.1) is 17.3 Å². The van der Waals surface area contributed by atoms with Gasteiger partial charge in [-0.2, -0.15) is 0 Å². The van der Waals surface area contributed by atoms with Crippen molar-refractivity contribution in [2.45, 2.75) is 71.5 Å². The van der Waals surface area contributed by atoms with Crippen molar-refractivity contribution in [1.29, 1.82) is 0 Å². The van der Waals surface area contributed by atoms with Crippen LogP contribution in [0.15, 0.2) is 48.5 Å². The number of carbonyl (C=O) groups excluding carboxylic acids is 3. The van der Waals surface area contributed by atoms with Crippen molar-refractivity contribution in [3.8, 4) is 0 Å². The van der Waals surface area contributed by atoms with Crippen LogP contribution in [0, 0.1) is 5.92 Å². The second-order valence-electron chi connectivity index (χ2n) is 10.5. The molecule has 2 aromatic carbocycles. The highest BCUT2D eigenvalue weighted by atomic mass is 16.2. The topological polar surface area (TPSA) is 85.5 Å². The van der Waals surface area contributed by atoms with Crippen LogP contribution in [0.25, 0.3) is 10.9 Å². The summed E-state index contributed by atoms with van der Waals surface area (Å²) < 4.78 is 0. The van der Waals surface area contributed by atoms with Crippen LogP contribution in [-0.2, 0) is 11.2 Å². The normalized spacial score (nSPS) is 20.1. The summed E-state index contributed by atoms with van der Waals surface area (Å²) in [6, 6.07) is 13.7. The van der Waals surface area contributed by atoms with Gasteiger partial charge in [0.15, 0.2) is 0 Å². The Bertz CT molecular complexity index is 1330. The number of carbonyl (C=O) groups is 3. The third-order valence-corrected chi connectivity index (χ3v) is 7.52. The van der Waals surface area contributed by atoms with Gasteiger partial charge in [-0.3, -0.25) is 9.59 Å². The number of hydrogen-bond donors (Lipinski definition) is 2. The minimum Gasteiger partial charge on any atom is -0.356 e. The first kappa shape index (κ1) is 24.1. The molecule has 0 aliphatic carbocycles. The first-order chi connectivity index (χ1) is 17.3. The van der Waals surface area contributed by atoms with E-state index in [4.69, 9.17) is 0 Å². The van der Waals surface area contributed by atoms with Crippen LogP contribution in [0.2, 0.25) is 0 Å². The SMILES string of the molecule is CC(C)CCC[C@H](C)NC(=O)c1ccccc1N1C(=O)[C@@H]2Cc3c([nH]c4ccccc34)[C@@H](C)N2C1=O. The molecule has 2 N–H and O–H groups in total. The molecule has 1 fully saturated rings. The van der Waals surface area contributed by atoms with Crippen molar-refractivity contribution in [1.82, 2.24) is 15.2 Å². The zero-order chi connectivity index (χ0) is 25.6. The Hall–Kier alpha value is -3.61. The largest absolute Gasteiger partial charge is 0.356 e. The molecule has 0 saturated carbocycles. The molecule has 0 bridgehead atoms. The number of anilines is 1. The number of aromatic amines is 1. The molecule has 2 aliphatic rings. The summed E-state index contributed by atoms with van der Waals surface area (Å²) in [5, 5.41) is 4.15. The standard InChI is InChI=1S/C29H34N4O3/c1-17(2)10-9-11-18(3)30-27(34)21-13-6-8-15-24(21)33-28(35)25-16-22-20-12-5-7-14-23(20)31-26(22)19(4)32(25)29(33)36/h5-8,12-15,17-19,25,31H,9-11,16H2,1-4H3,(H,30,34)/t18-,19+,25-/m0/s1. The highest BCUT2D eigenvalue weighted by molar-refractivity contribution is 6.24. The smallest absolute Gasteiger partial charge is 0.332 e. The van der Waals surface area contributed by atoms with Crippen LogP contribution in [-0.4, -0.2) is 39.8 Å². The second-order valence-corrected chi connectivity index (χ2v) is 10.5. The molecule has 0 unspecified atom stereocenters. The van der Waals surface area contributed by atoms with Crippen molar-refractivity contribution in [2.24, 2.45) is 5.92 Å². The van der Waals surface area contributed by atoms with E-state index in [1.54, 1.807) is 29.2 Å². The molecule has 3 atom stereocenters. The van der Waals surface area contributed by atoms with E-state index in [-0.39, 0.29) is 29.9 Å². The Morgan fingerprint density at radius 1 is 1.06 bits per heavy atom. The Labute approximate surface area is 211 Å². The van der Waals surface area contributed by atoms with E-state index in [0.717, 1.165) is 41.4 Å². The Balaban J connectivity index is 1.41. The van der Waals surface area contributed by atoms with Gasteiger partial charge in [0.25, 0.3) is 11.8 Å². The summed E-state index contributed by atoms with van der Waals surface area (Å²) in [6.45, 7) is 8.33. The predicted octanol–water partition coefficient (Wildman–Crippen LogP) is 5.57. The molecule has 7 nitrogen and oxygen atoms in total. The van der Waals surface area contributed by atoms with Gasteiger partial charge in [0.1, 0.15) is 6.04 Å². The maximum absolute atomic E-state index is 13.7. The van der Waals surface area contributed by atoms with Gasteiger partial charge in [-0.05, 0) is 49.9 Å². The minimum atomic E-state index is -0.592. The molecule has 3 heterocycles. The average Bonchev–Trinajstić information content (AvgIpc) is 3.34. The minimum absolute atomic E-state index is 0.000965. The zero-order valence-corrected chi connectivity index (χ0v) is 21.4. The Morgan fingerprint density at radius 3 is 2.56 bits per heavy atom. The first-order valence-electron chi connectivity index (χ1n) is 12.9. The Morgan fingerprint density at radius 2 is 1.78 bits per heavy atom. The van der Waals surface area contributed by atoms with Crippen molar-refractivity contribution >= 4 is 34.4 Å². The van der Waals surface area contributed by atoms with E-state index in [0.29, 0.717) is 23.6 Å². The lowest BCUT2D eigenvalue weighted by atomic mass is 9.93. The molecule has 2 aliphatic heterocycles. The number of para-hydroxylation sites is 2. The lowest BCUT2D eigenvalue weighted by Gasteiger charge is -2.33. The summed E-state index contributed by atoms with van der Waals surface area (Å²) in [7, 11) is 0. The lowest BCUT2D eigenvalue weighted by molar-refractivity contribution is -0.120. The number of nitrogens with zero attached hydrogens (tertiary/aromatic N) is 2. The van der Waals surface area contributed by atoms with E-state index in [1.807, 2.05) is 38.1 Å². The van der Waals surface area contributed by atoms with Crippen LogP contribution in [0.3, 0.4) is 0 Å². The van der Waals surface area contributed by atoms with Crippen molar-refractivity contribution in [3.63, 3.8) is 0 Å². The number of imide groups is 1. The fourth-order valence-corrected chi connectivity index (χ4v) is 5.65. The molecule has 0 spiro atoms. The van der Waals surface area contributed by atoms with Gasteiger partial charge >= 0.3 is 6.03 Å². The van der Waals surface area contributed by atoms with Gasteiger partial charge in [0.2, 0.25) is 0 Å². The number of fused-ring (bicyclic) bond motifs is 4. The quantitative estimate of drug-likeness (QED) is 0.428. The highest BCUT2D eigenvalue weighted by Crippen LogP contribution is 2.42. The molecular weight excluding hydrogens is 452 g/mol. The van der Waals surface area contributed by atoms with E-state index in [9.17, 15) is 14.4 Å². The van der Waals surface area contributed by atoms with Crippen LogP contribution in [0.5, 0.6) is 0 Å². The number of benzene rings is 2. The molecular formula is C29H34N4O3. The molecule has 4 amide bonds. The van der Waals surface area contributed by atoms with Crippen LogP contribution in [0.4, 0.5) is 10.5 Å². The average molecular weight is 487 g/mol. The summed E-state index contributed by atoms with van der Waals surface area (Å²) in [4.78, 5) is 46.9. The molecule has 0 radical (unpaired) electrons. The maximum atomic E-state index is 13.7. The van der Waals surface area contributed by atoms with Crippen LogP contribution in [0.1, 0.15) is 74.6 Å². The molecule has 1 saturated heterocycles. The number of H-pyrrole nitrogens is 1. The molecule has 1 aromatic heterocycles. The summed E-state index contributed by atoms with van der Waals surface area (Å²) in [5.74, 6) is 0.0756. The maximum Gasteiger partial charge on any atom is 0.332 e. The molecule has 7 heteroatoms. The predicted molar refractivity (Wildman–Crippen MR) is 141 cm³/mol. The van der Waals surface area contributed by atoms with Crippen LogP contribution >= 0.6 is 0 Å². The highest BCUT2D eigenvalue weighted by Gasteiger charge is 2.52. The van der Waals surface area contributed by atoms with Gasteiger partial charge in [-0.15, -0.1) is 0 Å². The van der Waals surface area contributed by atoms with Crippen molar-refractivity contribution in [3.05, 3.63) is 65.4 Å². The van der Waals surface area contributed by atoms with Gasteiger partial charge in [0, 0.05) is 29.1 Å². The van der Waals surface area contributed by atoms with E-state index >= 15 is 0 Å². The summed E-state index contributed by atoms with van der Waals surface area (Å²) in [5.41, 5.74) is 3.75. The second kappa shape index (κ2) is 9.45. The number of urea groups is 1. The third kappa shape index (κ3) is 4.06. The monoisotopic (exact) mass is 486 g/mol. The lowest BCUT2D eigenvalue weighted by Crippen LogP contribution is -2.42. The van der Waals surface area contributed by atoms with Crippen LogP contribution < -0.4 is 10.2 Å². The van der Waals surface area contributed by atoms with E-state index < -0.39 is 6.04 Å². The van der Waals surface area contributed by atoms with E-state index in [1.165, 1.54) is 4.90 Å². The fourth-order valence-electron chi connectivity index (χ4n) is 5.65. The first-order valence-corrected chi connectivity index (χ1v) is 12.9. The number of amides is 4. The number of aromatic nitrogens is 1. The fraction of sp³-hybridized carbons (Fsp3) is 0.414. The van der Waals surface area contributed by atoms with Gasteiger partial charge in [-0.25, -0.2) is 9.69 Å².